The number of hydrogen-bond acceptors (Lipinski definition) is 2. The van der Waals surface area contributed by atoms with Crippen molar-refractivity contribution in [1.82, 2.24) is 5.32 Å². The molecule has 1 aliphatic heterocycles. The number of hydrogen-bond donors (Lipinski definition) is 1. The highest BCUT2D eigenvalue weighted by atomic mass is 16.5. The Balaban J connectivity index is 2.16. The fourth-order valence-corrected chi connectivity index (χ4v) is 2.65. The van der Waals surface area contributed by atoms with Gasteiger partial charge in [-0.1, -0.05) is 31.2 Å². The maximum atomic E-state index is 5.98. The molecule has 0 bridgehead atoms. The number of nitrogens with one attached hydrogen (secondary N) is 1. The van der Waals surface area contributed by atoms with Gasteiger partial charge in [0.15, 0.2) is 0 Å². The molecule has 1 saturated heterocycles. The van der Waals surface area contributed by atoms with Crippen molar-refractivity contribution in [3.8, 4) is 0 Å². The molecule has 0 amide bonds. The molecule has 2 nitrogen and oxygen atoms in total. The van der Waals surface area contributed by atoms with Gasteiger partial charge in [-0.05, 0) is 44.4 Å². The van der Waals surface area contributed by atoms with Crippen molar-refractivity contribution in [2.24, 2.45) is 0 Å². The highest BCUT2D eigenvalue weighted by Crippen LogP contribution is 2.30. The number of benzene rings is 1. The molecule has 1 aromatic rings. The average molecular weight is 233 g/mol. The maximum absolute atomic E-state index is 5.98. The van der Waals surface area contributed by atoms with E-state index in [2.05, 4.69) is 43.4 Å². The van der Waals surface area contributed by atoms with E-state index >= 15 is 0 Å². The molecule has 0 saturated carbocycles. The zero-order valence-corrected chi connectivity index (χ0v) is 11.1. The minimum atomic E-state index is 0.321. The van der Waals surface area contributed by atoms with Gasteiger partial charge in [0.1, 0.15) is 0 Å². The van der Waals surface area contributed by atoms with Gasteiger partial charge in [-0.2, -0.15) is 0 Å². The molecular weight excluding hydrogens is 210 g/mol. The molecule has 1 N–H and O–H groups in total. The van der Waals surface area contributed by atoms with Gasteiger partial charge in [-0.3, -0.25) is 0 Å². The van der Waals surface area contributed by atoms with E-state index in [1.807, 2.05) is 7.05 Å². The van der Waals surface area contributed by atoms with Gasteiger partial charge >= 0.3 is 0 Å². The third kappa shape index (κ3) is 2.88. The van der Waals surface area contributed by atoms with Gasteiger partial charge in [-0.25, -0.2) is 0 Å². The third-order valence-electron chi connectivity index (χ3n) is 3.67. The zero-order chi connectivity index (χ0) is 12.3. The molecule has 1 fully saturated rings. The highest BCUT2D eigenvalue weighted by Gasteiger charge is 2.29. The predicted octanol–water partition coefficient (Wildman–Crippen LogP) is 3.08. The van der Waals surface area contributed by atoms with E-state index < -0.39 is 0 Å². The summed E-state index contributed by atoms with van der Waals surface area (Å²) in [7, 11) is 2.02. The summed E-state index contributed by atoms with van der Waals surface area (Å²) in [6.45, 7) is 4.36. The molecular formula is C15H23NO. The van der Waals surface area contributed by atoms with Crippen LogP contribution in [0.5, 0.6) is 0 Å². The Labute approximate surface area is 104 Å². The van der Waals surface area contributed by atoms with E-state index in [-0.39, 0.29) is 0 Å². The van der Waals surface area contributed by atoms with E-state index in [1.165, 1.54) is 17.5 Å². The van der Waals surface area contributed by atoms with Crippen LogP contribution in [0.3, 0.4) is 0 Å². The first kappa shape index (κ1) is 12.6. The maximum Gasteiger partial charge on any atom is 0.0774 e. The minimum Gasteiger partial charge on any atom is -0.373 e. The van der Waals surface area contributed by atoms with Gasteiger partial charge in [0.2, 0.25) is 0 Å². The zero-order valence-electron chi connectivity index (χ0n) is 11.1. The number of aryl methyl sites for hydroxylation is 1. The first-order valence-electron chi connectivity index (χ1n) is 6.66. The summed E-state index contributed by atoms with van der Waals surface area (Å²) in [4.78, 5) is 0. The molecule has 0 aromatic heterocycles. The number of likely N-dealkylation sites (N-methyl/N-ethyl adjacent to an activating group) is 1. The average Bonchev–Trinajstić information content (AvgIpc) is 2.77. The van der Waals surface area contributed by atoms with Crippen molar-refractivity contribution in [3.63, 3.8) is 0 Å². The van der Waals surface area contributed by atoms with Crippen LogP contribution in [-0.2, 0) is 11.2 Å². The molecule has 1 aliphatic rings. The second kappa shape index (κ2) is 5.65. The predicted molar refractivity (Wildman–Crippen MR) is 71.2 cm³/mol. The largest absolute Gasteiger partial charge is 0.373 e. The monoisotopic (exact) mass is 233 g/mol. The van der Waals surface area contributed by atoms with Crippen LogP contribution in [0, 0.1) is 0 Å². The third-order valence-corrected chi connectivity index (χ3v) is 3.67. The molecule has 2 rings (SSSR count). The topological polar surface area (TPSA) is 21.3 Å². The van der Waals surface area contributed by atoms with E-state index in [1.54, 1.807) is 0 Å². The molecule has 1 heterocycles. The van der Waals surface area contributed by atoms with Crippen LogP contribution in [0.1, 0.15) is 43.9 Å². The molecule has 94 valence electrons. The Kier molecular flexibility index (Phi) is 4.19. The Hall–Kier alpha value is -0.860. The lowest BCUT2D eigenvalue weighted by Crippen LogP contribution is -2.29. The summed E-state index contributed by atoms with van der Waals surface area (Å²) in [5.74, 6) is 0. The summed E-state index contributed by atoms with van der Waals surface area (Å²) in [6.07, 6.45) is 4.15. The van der Waals surface area contributed by atoms with Gasteiger partial charge in [0.25, 0.3) is 0 Å². The van der Waals surface area contributed by atoms with Crippen molar-refractivity contribution >= 4 is 0 Å². The van der Waals surface area contributed by atoms with E-state index in [0.717, 1.165) is 12.8 Å². The van der Waals surface area contributed by atoms with E-state index in [4.69, 9.17) is 4.74 Å². The second-order valence-electron chi connectivity index (χ2n) is 4.93. The van der Waals surface area contributed by atoms with Crippen LogP contribution in [0.25, 0.3) is 0 Å². The van der Waals surface area contributed by atoms with Gasteiger partial charge in [0.05, 0.1) is 18.2 Å². The van der Waals surface area contributed by atoms with Crippen LogP contribution >= 0.6 is 0 Å². The lowest BCUT2D eigenvalue weighted by atomic mass is 9.97. The number of ether oxygens (including phenoxy) is 1. The fourth-order valence-electron chi connectivity index (χ4n) is 2.65. The molecule has 1 aromatic carbocycles. The molecule has 17 heavy (non-hydrogen) atoms. The fraction of sp³-hybridized carbons (Fsp3) is 0.600. The number of rotatable bonds is 4. The quantitative estimate of drug-likeness (QED) is 0.863. The molecule has 2 heteroatoms. The summed E-state index contributed by atoms with van der Waals surface area (Å²) in [5.41, 5.74) is 2.75. The van der Waals surface area contributed by atoms with E-state index in [9.17, 15) is 0 Å². The van der Waals surface area contributed by atoms with Crippen LogP contribution < -0.4 is 5.32 Å². The summed E-state index contributed by atoms with van der Waals surface area (Å²) < 4.78 is 5.98. The van der Waals surface area contributed by atoms with Crippen molar-refractivity contribution in [2.45, 2.75) is 51.4 Å². The van der Waals surface area contributed by atoms with Crippen LogP contribution in [0.15, 0.2) is 24.3 Å². The van der Waals surface area contributed by atoms with Crippen molar-refractivity contribution in [3.05, 3.63) is 35.4 Å². The molecule has 0 aliphatic carbocycles. The SMILES string of the molecule is CCc1cccc(C(NC)C2CCC(C)O2)c1. The molecule has 3 atom stereocenters. The molecule has 0 spiro atoms. The normalized spacial score (nSPS) is 26.1. The van der Waals surface area contributed by atoms with Gasteiger partial charge in [0, 0.05) is 0 Å². The lowest BCUT2D eigenvalue weighted by Gasteiger charge is -2.24. The van der Waals surface area contributed by atoms with Crippen molar-refractivity contribution in [2.75, 3.05) is 7.05 Å². The standard InChI is InChI=1S/C15H23NO/c1-4-12-6-5-7-13(10-12)15(16-3)14-9-8-11(2)17-14/h5-7,10-11,14-16H,4,8-9H2,1-3H3. The van der Waals surface area contributed by atoms with Crippen LogP contribution in [-0.4, -0.2) is 19.3 Å². The lowest BCUT2D eigenvalue weighted by molar-refractivity contribution is 0.0333. The van der Waals surface area contributed by atoms with Gasteiger partial charge < -0.3 is 10.1 Å². The Morgan fingerprint density at radius 3 is 2.82 bits per heavy atom. The molecule has 0 radical (unpaired) electrons. The molecule has 3 unspecified atom stereocenters. The summed E-state index contributed by atoms with van der Waals surface area (Å²) in [5, 5.41) is 3.41. The summed E-state index contributed by atoms with van der Waals surface area (Å²) >= 11 is 0. The van der Waals surface area contributed by atoms with Crippen molar-refractivity contribution in [1.29, 1.82) is 0 Å². The minimum absolute atomic E-state index is 0.321. The first-order valence-corrected chi connectivity index (χ1v) is 6.66. The second-order valence-corrected chi connectivity index (χ2v) is 4.93. The van der Waals surface area contributed by atoms with Crippen molar-refractivity contribution < 1.29 is 4.74 Å². The Morgan fingerprint density at radius 2 is 2.24 bits per heavy atom. The first-order chi connectivity index (χ1) is 8.24. The smallest absolute Gasteiger partial charge is 0.0774 e. The van der Waals surface area contributed by atoms with Gasteiger partial charge in [-0.15, -0.1) is 0 Å². The van der Waals surface area contributed by atoms with E-state index in [0.29, 0.717) is 18.2 Å². The van der Waals surface area contributed by atoms with Crippen LogP contribution in [0.4, 0.5) is 0 Å². The van der Waals surface area contributed by atoms with Crippen LogP contribution in [0.2, 0.25) is 0 Å². The Bertz CT molecular complexity index is 364. The Morgan fingerprint density at radius 1 is 1.41 bits per heavy atom. The summed E-state index contributed by atoms with van der Waals surface area (Å²) in [6, 6.07) is 9.16. The highest BCUT2D eigenvalue weighted by molar-refractivity contribution is 5.27.